The molecule has 1 aromatic carbocycles. The molecule has 9 nitrogen and oxygen atoms in total. The second-order valence-electron chi connectivity index (χ2n) is 8.47. The van der Waals surface area contributed by atoms with Gasteiger partial charge in [0.1, 0.15) is 5.75 Å². The Labute approximate surface area is 213 Å². The molecule has 0 radical (unpaired) electrons. The molecular weight excluding hydrogens is 452 g/mol. The minimum absolute atomic E-state index is 0.467. The van der Waals surface area contributed by atoms with Gasteiger partial charge in [0.2, 0.25) is 5.95 Å². The molecule has 3 aromatic heterocycles. The number of aryl methyl sites for hydroxylation is 1. The van der Waals surface area contributed by atoms with Crippen LogP contribution in [0.2, 0.25) is 0 Å². The number of nitrogen functional groups attached to an aromatic ring is 1. The van der Waals surface area contributed by atoms with E-state index >= 15 is 0 Å². The maximum Gasteiger partial charge on any atom is 0.227 e. The summed E-state index contributed by atoms with van der Waals surface area (Å²) in [6, 6.07) is 9.80. The van der Waals surface area contributed by atoms with Crippen LogP contribution in [0.4, 0.5) is 23.0 Å². The van der Waals surface area contributed by atoms with Gasteiger partial charge in [0.25, 0.3) is 0 Å². The maximum atomic E-state index is 6.42. The number of rotatable bonds is 9. The first-order chi connectivity index (χ1) is 17.4. The fraction of sp³-hybridized carbons (Fsp3) is 0.370. The van der Waals surface area contributed by atoms with Crippen LogP contribution in [-0.2, 0) is 6.42 Å². The summed E-state index contributed by atoms with van der Waals surface area (Å²) in [6.45, 7) is 7.86. The smallest absolute Gasteiger partial charge is 0.227 e. The molecular formula is C27H38N8O. The fourth-order valence-electron chi connectivity index (χ4n) is 3.85. The molecule has 0 unspecified atom stereocenters. The van der Waals surface area contributed by atoms with Crippen molar-refractivity contribution in [1.29, 1.82) is 0 Å². The lowest BCUT2D eigenvalue weighted by Gasteiger charge is -2.24. The summed E-state index contributed by atoms with van der Waals surface area (Å²) < 4.78 is 7.52. The lowest BCUT2D eigenvalue weighted by molar-refractivity contribution is 0.413. The monoisotopic (exact) mass is 490 g/mol. The van der Waals surface area contributed by atoms with Crippen molar-refractivity contribution in [3.63, 3.8) is 0 Å². The van der Waals surface area contributed by atoms with Gasteiger partial charge in [0.05, 0.1) is 41.6 Å². The largest absolute Gasteiger partial charge is 0.494 e. The van der Waals surface area contributed by atoms with Crippen LogP contribution in [0.1, 0.15) is 26.3 Å². The fourth-order valence-corrected chi connectivity index (χ4v) is 3.85. The van der Waals surface area contributed by atoms with Crippen LogP contribution in [-0.4, -0.2) is 65.8 Å². The Hall–Kier alpha value is -3.85. The van der Waals surface area contributed by atoms with Crippen LogP contribution in [0, 0.1) is 0 Å². The molecule has 36 heavy (non-hydrogen) atoms. The average Bonchev–Trinajstić information content (AvgIpc) is 3.32. The number of nitrogens with one attached hydrogen (secondary N) is 1. The number of ether oxygens (including phenoxy) is 1. The average molecular weight is 491 g/mol. The summed E-state index contributed by atoms with van der Waals surface area (Å²) in [4.78, 5) is 13.7. The maximum absolute atomic E-state index is 6.42. The van der Waals surface area contributed by atoms with Crippen molar-refractivity contribution >= 4 is 28.5 Å². The van der Waals surface area contributed by atoms with Crippen molar-refractivity contribution in [3.05, 3.63) is 54.5 Å². The van der Waals surface area contributed by atoms with Crippen LogP contribution >= 0.6 is 0 Å². The van der Waals surface area contributed by atoms with E-state index in [2.05, 4.69) is 46.2 Å². The number of benzene rings is 1. The van der Waals surface area contributed by atoms with Gasteiger partial charge >= 0.3 is 0 Å². The third-order valence-electron chi connectivity index (χ3n) is 5.82. The third-order valence-corrected chi connectivity index (χ3v) is 5.82. The molecule has 0 saturated carbocycles. The van der Waals surface area contributed by atoms with E-state index in [1.165, 1.54) is 0 Å². The number of likely N-dealkylation sites (N-methyl/N-ethyl adjacent to an activating group) is 2. The van der Waals surface area contributed by atoms with Gasteiger partial charge in [0, 0.05) is 44.2 Å². The Morgan fingerprint density at radius 3 is 2.56 bits per heavy atom. The van der Waals surface area contributed by atoms with Crippen molar-refractivity contribution in [2.45, 2.75) is 27.2 Å². The van der Waals surface area contributed by atoms with Gasteiger partial charge in [-0.15, -0.1) is 0 Å². The molecule has 4 rings (SSSR count). The molecule has 0 saturated heterocycles. The number of fused-ring (bicyclic) bond motifs is 1. The third kappa shape index (κ3) is 5.85. The van der Waals surface area contributed by atoms with Gasteiger partial charge in [-0.05, 0) is 44.3 Å². The highest BCUT2D eigenvalue weighted by Gasteiger charge is 2.16. The quantitative estimate of drug-likeness (QED) is 0.326. The lowest BCUT2D eigenvalue weighted by atomic mass is 10.1. The Morgan fingerprint density at radius 2 is 1.86 bits per heavy atom. The molecule has 3 heterocycles. The number of hydrogen-bond acceptors (Lipinski definition) is 8. The van der Waals surface area contributed by atoms with E-state index in [0.29, 0.717) is 23.1 Å². The van der Waals surface area contributed by atoms with Gasteiger partial charge < -0.3 is 25.6 Å². The van der Waals surface area contributed by atoms with Crippen LogP contribution in [0.5, 0.6) is 5.75 Å². The minimum Gasteiger partial charge on any atom is -0.494 e. The predicted octanol–water partition coefficient (Wildman–Crippen LogP) is 4.71. The SMILES string of the molecule is CC.CCc1cnc(Nc2cc(N)c(N(C)CCN(C)C)cc2OC)nc1-c1cnn2ccccc12. The van der Waals surface area contributed by atoms with E-state index in [1.807, 2.05) is 74.3 Å². The van der Waals surface area contributed by atoms with Crippen molar-refractivity contribution in [2.24, 2.45) is 0 Å². The number of aromatic nitrogens is 4. The van der Waals surface area contributed by atoms with Crippen molar-refractivity contribution in [3.8, 4) is 17.0 Å². The highest BCUT2D eigenvalue weighted by Crippen LogP contribution is 2.36. The number of hydrogen-bond donors (Lipinski definition) is 2. The van der Waals surface area contributed by atoms with Gasteiger partial charge in [-0.25, -0.2) is 14.5 Å². The van der Waals surface area contributed by atoms with Gasteiger partial charge in [-0.1, -0.05) is 26.8 Å². The molecule has 3 N–H and O–H groups in total. The van der Waals surface area contributed by atoms with Crippen LogP contribution in [0.15, 0.2) is 48.9 Å². The van der Waals surface area contributed by atoms with E-state index in [4.69, 9.17) is 15.5 Å². The summed E-state index contributed by atoms with van der Waals surface area (Å²) in [6.07, 6.45) is 6.44. The molecule has 0 amide bonds. The number of methoxy groups -OCH3 is 1. The predicted molar refractivity (Wildman–Crippen MR) is 149 cm³/mol. The molecule has 0 fully saturated rings. The zero-order chi connectivity index (χ0) is 26.2. The minimum atomic E-state index is 0.467. The van der Waals surface area contributed by atoms with Crippen molar-refractivity contribution < 1.29 is 4.74 Å². The zero-order valence-electron chi connectivity index (χ0n) is 22.4. The van der Waals surface area contributed by atoms with Crippen LogP contribution in [0.3, 0.4) is 0 Å². The summed E-state index contributed by atoms with van der Waals surface area (Å²) in [5, 5.41) is 7.77. The highest BCUT2D eigenvalue weighted by atomic mass is 16.5. The molecule has 0 spiro atoms. The first kappa shape index (κ1) is 26.7. The van der Waals surface area contributed by atoms with E-state index in [9.17, 15) is 0 Å². The number of pyridine rings is 1. The number of nitrogens with two attached hydrogens (primary N) is 1. The summed E-state index contributed by atoms with van der Waals surface area (Å²) >= 11 is 0. The van der Waals surface area contributed by atoms with E-state index in [1.54, 1.807) is 7.11 Å². The van der Waals surface area contributed by atoms with E-state index < -0.39 is 0 Å². The molecule has 0 atom stereocenters. The van der Waals surface area contributed by atoms with Crippen molar-refractivity contribution in [1.82, 2.24) is 24.5 Å². The van der Waals surface area contributed by atoms with Gasteiger partial charge in [-0.3, -0.25) is 0 Å². The summed E-state index contributed by atoms with van der Waals surface area (Å²) in [7, 11) is 7.77. The van der Waals surface area contributed by atoms with Crippen LogP contribution < -0.4 is 20.7 Å². The molecule has 0 aliphatic carbocycles. The molecule has 0 bridgehead atoms. The zero-order valence-corrected chi connectivity index (χ0v) is 22.4. The summed E-state index contributed by atoms with van der Waals surface area (Å²) in [5.41, 5.74) is 12.6. The van der Waals surface area contributed by atoms with E-state index in [-0.39, 0.29) is 0 Å². The normalized spacial score (nSPS) is 10.8. The van der Waals surface area contributed by atoms with Crippen molar-refractivity contribution in [2.75, 3.05) is 57.3 Å². The van der Waals surface area contributed by atoms with Crippen LogP contribution in [0.25, 0.3) is 16.8 Å². The first-order valence-electron chi connectivity index (χ1n) is 12.3. The Morgan fingerprint density at radius 1 is 1.08 bits per heavy atom. The first-order valence-corrected chi connectivity index (χ1v) is 12.3. The number of anilines is 4. The lowest BCUT2D eigenvalue weighted by Crippen LogP contribution is -2.29. The molecule has 0 aliphatic heterocycles. The Bertz CT molecular complexity index is 1280. The topological polar surface area (TPSA) is 96.8 Å². The number of nitrogens with zero attached hydrogens (tertiary/aromatic N) is 6. The molecule has 0 aliphatic rings. The van der Waals surface area contributed by atoms with Gasteiger partial charge in [0.15, 0.2) is 0 Å². The van der Waals surface area contributed by atoms with E-state index in [0.717, 1.165) is 47.5 Å². The molecule has 4 aromatic rings. The standard InChI is InChI=1S/C25H32N8O.C2H6/c1-6-17-15-27-25(30-24(17)18-16-28-33-10-8-7-9-21(18)33)29-20-13-19(26)22(14-23(20)34-5)32(4)12-11-31(2)3;1-2/h7-10,13-16H,6,11-12,26H2,1-5H3,(H,27,29,30);1-2H3. The summed E-state index contributed by atoms with van der Waals surface area (Å²) in [5.74, 6) is 1.13. The van der Waals surface area contributed by atoms with Gasteiger partial charge in [-0.2, -0.15) is 5.10 Å². The highest BCUT2D eigenvalue weighted by molar-refractivity contribution is 5.81. The Kier molecular flexibility index (Phi) is 9.08. The molecule has 192 valence electrons. The second-order valence-corrected chi connectivity index (χ2v) is 8.47. The Balaban J connectivity index is 0.00000176. The molecule has 9 heteroatoms. The second kappa shape index (κ2) is 12.2.